The van der Waals surface area contributed by atoms with Gasteiger partial charge in [0.15, 0.2) is 5.96 Å². The number of likely N-dealkylation sites (N-methyl/N-ethyl adjacent to an activating group) is 1. The molecule has 1 aromatic rings. The Labute approximate surface area is 150 Å². The summed E-state index contributed by atoms with van der Waals surface area (Å²) in [5, 5.41) is 6.60. The molecule has 1 unspecified atom stereocenters. The topological polar surface area (TPSA) is 67.4 Å². The van der Waals surface area contributed by atoms with Gasteiger partial charge in [0, 0.05) is 58.6 Å². The van der Waals surface area contributed by atoms with Crippen LogP contribution in [0, 0.1) is 0 Å². The molecule has 140 valence electrons. The van der Waals surface area contributed by atoms with Gasteiger partial charge in [-0.25, -0.2) is 0 Å². The lowest BCUT2D eigenvalue weighted by Gasteiger charge is -2.30. The van der Waals surface area contributed by atoms with Crippen molar-refractivity contribution in [3.8, 4) is 5.75 Å². The first-order chi connectivity index (χ1) is 12.2. The highest BCUT2D eigenvalue weighted by molar-refractivity contribution is 5.93. The van der Waals surface area contributed by atoms with Crippen LogP contribution in [0.3, 0.4) is 0 Å². The van der Waals surface area contributed by atoms with E-state index in [0.717, 1.165) is 44.1 Å². The molecule has 0 spiro atoms. The quantitative estimate of drug-likeness (QED) is 0.420. The molecule has 0 aromatic heterocycles. The maximum atomic E-state index is 5.76. The number of hydrogen-bond donors (Lipinski definition) is 2. The van der Waals surface area contributed by atoms with Crippen molar-refractivity contribution in [3.63, 3.8) is 0 Å². The van der Waals surface area contributed by atoms with E-state index in [2.05, 4.69) is 27.6 Å². The van der Waals surface area contributed by atoms with Gasteiger partial charge in [0.05, 0.1) is 19.3 Å². The van der Waals surface area contributed by atoms with Crippen molar-refractivity contribution in [2.45, 2.75) is 12.5 Å². The summed E-state index contributed by atoms with van der Waals surface area (Å²) in [6.07, 6.45) is 1.04. The van der Waals surface area contributed by atoms with Crippen molar-refractivity contribution < 1.29 is 14.2 Å². The maximum Gasteiger partial charge on any atom is 0.195 e. The van der Waals surface area contributed by atoms with Gasteiger partial charge >= 0.3 is 0 Å². The summed E-state index contributed by atoms with van der Waals surface area (Å²) in [6, 6.07) is 7.85. The van der Waals surface area contributed by atoms with Crippen LogP contribution in [-0.4, -0.2) is 77.6 Å². The monoisotopic (exact) mass is 350 g/mol. The molecule has 25 heavy (non-hydrogen) atoms. The highest BCUT2D eigenvalue weighted by atomic mass is 16.5. The number of nitrogens with zero attached hydrogens (tertiary/aromatic N) is 2. The molecule has 0 saturated carbocycles. The van der Waals surface area contributed by atoms with Crippen LogP contribution in [0.1, 0.15) is 6.42 Å². The van der Waals surface area contributed by atoms with Gasteiger partial charge in [-0.3, -0.25) is 4.99 Å². The van der Waals surface area contributed by atoms with Gasteiger partial charge < -0.3 is 29.7 Å². The third-order valence-corrected chi connectivity index (χ3v) is 3.92. The number of benzene rings is 1. The molecule has 0 aliphatic carbocycles. The number of aliphatic imine (C=N–C) groups is 1. The lowest BCUT2D eigenvalue weighted by atomic mass is 10.3. The number of hydrogen-bond acceptors (Lipinski definition) is 5. The van der Waals surface area contributed by atoms with Gasteiger partial charge in [0.25, 0.3) is 0 Å². The zero-order valence-electron chi connectivity index (χ0n) is 15.5. The zero-order valence-corrected chi connectivity index (χ0v) is 15.5. The molecule has 0 bridgehead atoms. The largest absolute Gasteiger partial charge is 0.493 e. The van der Waals surface area contributed by atoms with Gasteiger partial charge in [0.1, 0.15) is 5.75 Å². The molecule has 7 nitrogen and oxygen atoms in total. The molecule has 2 rings (SSSR count). The Morgan fingerprint density at radius 2 is 2.28 bits per heavy atom. The highest BCUT2D eigenvalue weighted by Crippen LogP contribution is 2.17. The first kappa shape index (κ1) is 19.5. The molecule has 7 heteroatoms. The number of rotatable bonds is 8. The van der Waals surface area contributed by atoms with E-state index < -0.39 is 0 Å². The SMILES string of the molecule is CN=C(NCC1CN(C)CCO1)Nc1cccc(OCCCOC)c1. The van der Waals surface area contributed by atoms with Crippen LogP contribution in [0.25, 0.3) is 0 Å². The Balaban J connectivity index is 1.80. The summed E-state index contributed by atoms with van der Waals surface area (Å²) in [6.45, 7) is 4.74. The standard InChI is InChI=1S/C18H30N4O3/c1-19-18(20-13-17-14-22(2)8-11-25-17)21-15-6-4-7-16(12-15)24-10-5-9-23-3/h4,6-7,12,17H,5,8-11,13-14H2,1-3H3,(H2,19,20,21). The van der Waals surface area contributed by atoms with Gasteiger partial charge in [-0.15, -0.1) is 0 Å². The van der Waals surface area contributed by atoms with Crippen LogP contribution in [0.4, 0.5) is 5.69 Å². The number of guanidine groups is 1. The minimum atomic E-state index is 0.174. The van der Waals surface area contributed by atoms with E-state index in [-0.39, 0.29) is 6.10 Å². The molecule has 2 N–H and O–H groups in total. The molecule has 0 amide bonds. The van der Waals surface area contributed by atoms with Gasteiger partial charge in [-0.05, 0) is 19.2 Å². The second-order valence-electron chi connectivity index (χ2n) is 6.06. The summed E-state index contributed by atoms with van der Waals surface area (Å²) in [5.74, 6) is 1.54. The molecule has 1 fully saturated rings. The molecule has 1 saturated heterocycles. The summed E-state index contributed by atoms with van der Waals surface area (Å²) in [4.78, 5) is 6.55. The van der Waals surface area contributed by atoms with E-state index in [1.807, 2.05) is 24.3 Å². The third kappa shape index (κ3) is 7.29. The van der Waals surface area contributed by atoms with Crippen molar-refractivity contribution in [1.29, 1.82) is 0 Å². The van der Waals surface area contributed by atoms with Crippen LogP contribution in [0.15, 0.2) is 29.3 Å². The first-order valence-corrected chi connectivity index (χ1v) is 8.71. The van der Waals surface area contributed by atoms with Gasteiger partial charge in [0.2, 0.25) is 0 Å². The fraction of sp³-hybridized carbons (Fsp3) is 0.611. The number of anilines is 1. The molecule has 1 atom stereocenters. The summed E-state index contributed by atoms with van der Waals surface area (Å²) in [5.41, 5.74) is 0.930. The van der Waals surface area contributed by atoms with Crippen LogP contribution in [0.2, 0.25) is 0 Å². The highest BCUT2D eigenvalue weighted by Gasteiger charge is 2.17. The fourth-order valence-electron chi connectivity index (χ4n) is 2.57. The average molecular weight is 350 g/mol. The van der Waals surface area contributed by atoms with Crippen molar-refractivity contribution in [1.82, 2.24) is 10.2 Å². The molecule has 0 radical (unpaired) electrons. The van der Waals surface area contributed by atoms with E-state index in [1.165, 1.54) is 0 Å². The van der Waals surface area contributed by atoms with Crippen molar-refractivity contribution >= 4 is 11.6 Å². The van der Waals surface area contributed by atoms with E-state index >= 15 is 0 Å². The molecule has 1 aliphatic rings. The second kappa shape index (κ2) is 10.9. The van der Waals surface area contributed by atoms with E-state index in [9.17, 15) is 0 Å². The number of methoxy groups -OCH3 is 1. The minimum Gasteiger partial charge on any atom is -0.493 e. The molecule has 1 aliphatic heterocycles. The van der Waals surface area contributed by atoms with Crippen LogP contribution in [-0.2, 0) is 9.47 Å². The number of morpholine rings is 1. The van der Waals surface area contributed by atoms with Gasteiger partial charge in [-0.1, -0.05) is 6.07 Å². The van der Waals surface area contributed by atoms with Crippen LogP contribution >= 0.6 is 0 Å². The average Bonchev–Trinajstić information content (AvgIpc) is 2.63. The summed E-state index contributed by atoms with van der Waals surface area (Å²) < 4.78 is 16.5. The Morgan fingerprint density at radius 1 is 1.40 bits per heavy atom. The van der Waals surface area contributed by atoms with E-state index in [0.29, 0.717) is 19.2 Å². The maximum absolute atomic E-state index is 5.76. The Bertz CT molecular complexity index is 539. The second-order valence-corrected chi connectivity index (χ2v) is 6.06. The Hall–Kier alpha value is -1.83. The van der Waals surface area contributed by atoms with Crippen LogP contribution in [0.5, 0.6) is 5.75 Å². The lowest BCUT2D eigenvalue weighted by Crippen LogP contribution is -2.47. The summed E-state index contributed by atoms with van der Waals surface area (Å²) in [7, 11) is 5.56. The number of ether oxygens (including phenoxy) is 3. The minimum absolute atomic E-state index is 0.174. The molecular formula is C18H30N4O3. The zero-order chi connectivity index (χ0) is 17.9. The fourth-order valence-corrected chi connectivity index (χ4v) is 2.57. The molecular weight excluding hydrogens is 320 g/mol. The Morgan fingerprint density at radius 3 is 3.04 bits per heavy atom. The predicted octanol–water partition coefficient (Wildman–Crippen LogP) is 1.42. The van der Waals surface area contributed by atoms with Crippen LogP contribution < -0.4 is 15.4 Å². The van der Waals surface area contributed by atoms with E-state index in [1.54, 1.807) is 14.2 Å². The van der Waals surface area contributed by atoms with Gasteiger partial charge in [-0.2, -0.15) is 0 Å². The Kier molecular flexibility index (Phi) is 8.51. The predicted molar refractivity (Wildman–Crippen MR) is 101 cm³/mol. The number of nitrogens with one attached hydrogen (secondary N) is 2. The van der Waals surface area contributed by atoms with Crippen molar-refractivity contribution in [3.05, 3.63) is 24.3 Å². The molecule has 1 aromatic carbocycles. The normalized spacial score (nSPS) is 18.8. The van der Waals surface area contributed by atoms with E-state index in [4.69, 9.17) is 14.2 Å². The summed E-state index contributed by atoms with van der Waals surface area (Å²) >= 11 is 0. The van der Waals surface area contributed by atoms with Crippen molar-refractivity contribution in [2.75, 3.05) is 66.0 Å². The van der Waals surface area contributed by atoms with Crippen molar-refractivity contribution in [2.24, 2.45) is 4.99 Å². The lowest BCUT2D eigenvalue weighted by molar-refractivity contribution is -0.0160. The smallest absolute Gasteiger partial charge is 0.195 e. The molecule has 1 heterocycles. The third-order valence-electron chi connectivity index (χ3n) is 3.92. The first-order valence-electron chi connectivity index (χ1n) is 8.71.